The van der Waals surface area contributed by atoms with E-state index >= 15 is 0 Å². The van der Waals surface area contributed by atoms with Crippen LogP contribution in [0.1, 0.15) is 342 Å². The van der Waals surface area contributed by atoms with E-state index in [-0.39, 0.29) is 31.1 Å². The quantitative estimate of drug-likeness (QED) is 0.0261. The fourth-order valence-corrected chi connectivity index (χ4v) is 9.49. The van der Waals surface area contributed by atoms with Gasteiger partial charge in [0, 0.05) is 19.3 Å². The lowest BCUT2D eigenvalue weighted by Crippen LogP contribution is -2.30. The third-order valence-electron chi connectivity index (χ3n) is 14.3. The maximum absolute atomic E-state index is 12.9. The van der Waals surface area contributed by atoms with E-state index in [0.29, 0.717) is 19.3 Å². The average molecular weight is 1020 g/mol. The van der Waals surface area contributed by atoms with Crippen LogP contribution in [0.5, 0.6) is 0 Å². The van der Waals surface area contributed by atoms with Crippen LogP contribution in [-0.2, 0) is 28.6 Å². The summed E-state index contributed by atoms with van der Waals surface area (Å²) in [6.07, 6.45) is 76.8. The van der Waals surface area contributed by atoms with Crippen molar-refractivity contribution in [3.63, 3.8) is 0 Å². The maximum Gasteiger partial charge on any atom is 0.306 e. The van der Waals surface area contributed by atoms with Gasteiger partial charge in [0.1, 0.15) is 13.2 Å². The molecule has 0 saturated heterocycles. The molecular weight excluding hydrogens is 901 g/mol. The second-order valence-electron chi connectivity index (χ2n) is 21.7. The Kier molecular flexibility index (Phi) is 59.7. The molecule has 0 aromatic carbocycles. The normalized spacial score (nSPS) is 12.3. The van der Waals surface area contributed by atoms with E-state index in [1.54, 1.807) is 0 Å². The summed E-state index contributed by atoms with van der Waals surface area (Å²) in [6, 6.07) is 0. The van der Waals surface area contributed by atoms with Gasteiger partial charge >= 0.3 is 17.9 Å². The highest BCUT2D eigenvalue weighted by atomic mass is 16.6. The predicted molar refractivity (Wildman–Crippen MR) is 316 cm³/mol. The van der Waals surface area contributed by atoms with Gasteiger partial charge in [-0.2, -0.15) is 0 Å². The Morgan fingerprint density at radius 2 is 0.493 bits per heavy atom. The van der Waals surface area contributed by atoms with Gasteiger partial charge in [0.2, 0.25) is 0 Å². The van der Waals surface area contributed by atoms with E-state index in [2.05, 4.69) is 69.4 Å². The van der Waals surface area contributed by atoms with Gasteiger partial charge in [-0.05, 0) is 64.2 Å². The Morgan fingerprint density at radius 3 is 0.795 bits per heavy atom. The summed E-state index contributed by atoms with van der Waals surface area (Å²) < 4.78 is 16.9. The number of unbranched alkanes of at least 4 members (excludes halogenated alkanes) is 40. The molecular formula is C67H122O6. The van der Waals surface area contributed by atoms with E-state index in [1.807, 2.05) is 0 Å². The minimum Gasteiger partial charge on any atom is -0.462 e. The zero-order valence-corrected chi connectivity index (χ0v) is 48.9. The molecule has 0 saturated carbocycles. The third-order valence-corrected chi connectivity index (χ3v) is 14.3. The number of carbonyl (C=O) groups is 3. The maximum atomic E-state index is 12.9. The van der Waals surface area contributed by atoms with Crippen LogP contribution in [0, 0.1) is 0 Å². The first kappa shape index (κ1) is 70.4. The highest BCUT2D eigenvalue weighted by Crippen LogP contribution is 2.18. The molecule has 0 bridgehead atoms. The molecule has 0 radical (unpaired) electrons. The van der Waals surface area contributed by atoms with Crippen molar-refractivity contribution in [3.05, 3.63) is 48.6 Å². The number of allylic oxidation sites excluding steroid dienone is 8. The van der Waals surface area contributed by atoms with Gasteiger partial charge in [-0.1, -0.05) is 307 Å². The molecule has 0 aromatic heterocycles. The number of carbonyl (C=O) groups excluding carboxylic acids is 3. The van der Waals surface area contributed by atoms with Gasteiger partial charge in [-0.15, -0.1) is 0 Å². The third kappa shape index (κ3) is 60.1. The first-order chi connectivity index (χ1) is 36.0. The summed E-state index contributed by atoms with van der Waals surface area (Å²) in [5, 5.41) is 0. The largest absolute Gasteiger partial charge is 0.462 e. The first-order valence-electron chi connectivity index (χ1n) is 32.1. The van der Waals surface area contributed by atoms with Crippen LogP contribution in [0.15, 0.2) is 48.6 Å². The predicted octanol–water partition coefficient (Wildman–Crippen LogP) is 21.8. The molecule has 0 aliphatic carbocycles. The molecule has 0 unspecified atom stereocenters. The molecule has 0 rings (SSSR count). The van der Waals surface area contributed by atoms with Gasteiger partial charge < -0.3 is 14.2 Å². The summed E-state index contributed by atoms with van der Waals surface area (Å²) >= 11 is 0. The fourth-order valence-electron chi connectivity index (χ4n) is 9.49. The van der Waals surface area contributed by atoms with Crippen LogP contribution in [0.2, 0.25) is 0 Å². The van der Waals surface area contributed by atoms with E-state index in [0.717, 1.165) is 83.5 Å². The lowest BCUT2D eigenvalue weighted by atomic mass is 10.0. The SMILES string of the molecule is CCCCC/C=C\C/C=C\C/C=C\C/C=C\CCCCCC(=O)OC[C@@H](COC(=O)CCCCCCCCCCCCCCCCCCCC)OC(=O)CCCCCCCCCCCCCCCCCCCC. The molecule has 0 heterocycles. The zero-order valence-electron chi connectivity index (χ0n) is 48.9. The standard InChI is InChI=1S/C67H122O6/c1-4-7-10-13-16-19-22-25-28-31-34-37-39-42-45-48-51-54-57-60-66(69)72-63-64(73-67(70)61-58-55-52-49-46-43-40-36-33-30-27-24-21-18-15-12-9-6-3)62-71-65(68)59-56-53-50-47-44-41-38-35-32-29-26-23-20-17-14-11-8-5-2/h16,19,25,28,34,37,42,45,64H,4-15,17-18,20-24,26-27,29-33,35-36,38-41,43-44,46-63H2,1-3H3/b19-16-,28-25-,37-34-,45-42-/t64-/m1/s1. The van der Waals surface area contributed by atoms with Crippen molar-refractivity contribution in [1.82, 2.24) is 0 Å². The van der Waals surface area contributed by atoms with Gasteiger partial charge in [0.05, 0.1) is 0 Å². The molecule has 0 fully saturated rings. The van der Waals surface area contributed by atoms with Crippen LogP contribution < -0.4 is 0 Å². The second kappa shape index (κ2) is 61.9. The van der Waals surface area contributed by atoms with Crippen LogP contribution in [-0.4, -0.2) is 37.2 Å². The molecule has 73 heavy (non-hydrogen) atoms. The number of hydrogen-bond acceptors (Lipinski definition) is 6. The molecule has 0 N–H and O–H groups in total. The van der Waals surface area contributed by atoms with Gasteiger partial charge in [-0.25, -0.2) is 0 Å². The smallest absolute Gasteiger partial charge is 0.306 e. The van der Waals surface area contributed by atoms with E-state index < -0.39 is 6.10 Å². The Balaban J connectivity index is 4.38. The van der Waals surface area contributed by atoms with E-state index in [9.17, 15) is 14.4 Å². The minimum absolute atomic E-state index is 0.0783. The van der Waals surface area contributed by atoms with Crippen molar-refractivity contribution < 1.29 is 28.6 Å². The number of hydrogen-bond donors (Lipinski definition) is 0. The molecule has 0 aliphatic heterocycles. The highest BCUT2D eigenvalue weighted by molar-refractivity contribution is 5.71. The summed E-state index contributed by atoms with van der Waals surface area (Å²) in [4.78, 5) is 38.3. The van der Waals surface area contributed by atoms with Crippen LogP contribution in [0.3, 0.4) is 0 Å². The van der Waals surface area contributed by atoms with Crippen molar-refractivity contribution in [2.75, 3.05) is 13.2 Å². The van der Waals surface area contributed by atoms with Crippen molar-refractivity contribution in [2.24, 2.45) is 0 Å². The Labute approximate surface area is 454 Å². The lowest BCUT2D eigenvalue weighted by Gasteiger charge is -2.18. The first-order valence-corrected chi connectivity index (χ1v) is 32.1. The highest BCUT2D eigenvalue weighted by Gasteiger charge is 2.19. The monoisotopic (exact) mass is 1020 g/mol. The molecule has 1 atom stereocenters. The Bertz CT molecular complexity index is 1270. The summed E-state index contributed by atoms with van der Waals surface area (Å²) in [7, 11) is 0. The summed E-state index contributed by atoms with van der Waals surface area (Å²) in [5.41, 5.74) is 0. The van der Waals surface area contributed by atoms with Crippen molar-refractivity contribution >= 4 is 17.9 Å². The van der Waals surface area contributed by atoms with Crippen molar-refractivity contribution in [3.8, 4) is 0 Å². The van der Waals surface area contributed by atoms with E-state index in [1.165, 1.54) is 218 Å². The topological polar surface area (TPSA) is 78.9 Å². The molecule has 0 aliphatic rings. The fraction of sp³-hybridized carbons (Fsp3) is 0.836. The molecule has 0 spiro atoms. The number of ether oxygens (including phenoxy) is 3. The zero-order chi connectivity index (χ0) is 52.9. The average Bonchev–Trinajstić information content (AvgIpc) is 3.39. The molecule has 0 amide bonds. The summed E-state index contributed by atoms with van der Waals surface area (Å²) in [6.45, 7) is 6.65. The van der Waals surface area contributed by atoms with Crippen molar-refractivity contribution in [1.29, 1.82) is 0 Å². The van der Waals surface area contributed by atoms with Gasteiger partial charge in [0.25, 0.3) is 0 Å². The van der Waals surface area contributed by atoms with Gasteiger partial charge in [-0.3, -0.25) is 14.4 Å². The number of esters is 3. The minimum atomic E-state index is -0.784. The molecule has 426 valence electrons. The van der Waals surface area contributed by atoms with Crippen LogP contribution >= 0.6 is 0 Å². The van der Waals surface area contributed by atoms with Crippen LogP contribution in [0.4, 0.5) is 0 Å². The Hall–Kier alpha value is -2.63. The Morgan fingerprint density at radius 1 is 0.274 bits per heavy atom. The molecule has 0 aromatic rings. The van der Waals surface area contributed by atoms with Crippen LogP contribution in [0.25, 0.3) is 0 Å². The van der Waals surface area contributed by atoms with Gasteiger partial charge in [0.15, 0.2) is 6.10 Å². The number of rotatable bonds is 59. The molecule has 6 heteroatoms. The van der Waals surface area contributed by atoms with E-state index in [4.69, 9.17) is 14.2 Å². The second-order valence-corrected chi connectivity index (χ2v) is 21.7. The van der Waals surface area contributed by atoms with Crippen molar-refractivity contribution in [2.45, 2.75) is 348 Å². The summed E-state index contributed by atoms with van der Waals surface area (Å²) in [5.74, 6) is -0.886. The molecule has 6 nitrogen and oxygen atoms in total. The lowest BCUT2D eigenvalue weighted by molar-refractivity contribution is -0.167.